The number of ether oxygens (including phenoxy) is 1. The number of nitrogens with zero attached hydrogens (tertiary/aromatic N) is 3. The smallest absolute Gasteiger partial charge is 0.310 e. The molecule has 0 aliphatic carbocycles. The lowest BCUT2D eigenvalue weighted by Crippen LogP contribution is -2.24. The van der Waals surface area contributed by atoms with Crippen molar-refractivity contribution in [2.75, 3.05) is 25.1 Å². The van der Waals surface area contributed by atoms with Gasteiger partial charge in [0.25, 0.3) is 0 Å². The van der Waals surface area contributed by atoms with Crippen molar-refractivity contribution in [2.45, 2.75) is 26.7 Å². The van der Waals surface area contributed by atoms with Crippen LogP contribution in [-0.4, -0.2) is 35.5 Å². The van der Waals surface area contributed by atoms with E-state index in [0.717, 1.165) is 30.3 Å². The van der Waals surface area contributed by atoms with Gasteiger partial charge in [-0.3, -0.25) is 4.79 Å². The summed E-state index contributed by atoms with van der Waals surface area (Å²) in [6.45, 7) is 5.73. The van der Waals surface area contributed by atoms with Gasteiger partial charge in [0, 0.05) is 31.0 Å². The average molecular weight is 269 g/mol. The van der Waals surface area contributed by atoms with Gasteiger partial charge in [0.15, 0.2) is 0 Å². The predicted octanol–water partition coefficient (Wildman–Crippen LogP) is 1.74. The minimum Gasteiger partial charge on any atom is -0.469 e. The Morgan fingerprint density at radius 3 is 3.00 bits per heavy atom. The summed E-state index contributed by atoms with van der Waals surface area (Å²) in [6.07, 6.45) is 1.97. The normalized spacial score (nSPS) is 23.4. The number of rotatable bonds is 4. The third-order valence-corrected chi connectivity index (χ3v) is 4.13. The van der Waals surface area contributed by atoms with Gasteiger partial charge >= 0.3 is 5.97 Å². The molecule has 100 valence electrons. The van der Waals surface area contributed by atoms with E-state index in [4.69, 9.17) is 4.74 Å². The second kappa shape index (κ2) is 5.65. The molecule has 0 bridgehead atoms. The van der Waals surface area contributed by atoms with Gasteiger partial charge < -0.3 is 9.64 Å². The Labute approximate surface area is 111 Å². The van der Waals surface area contributed by atoms with Crippen LogP contribution in [0.3, 0.4) is 0 Å². The number of carbonyl (C=O) groups is 1. The molecule has 0 aromatic carbocycles. The van der Waals surface area contributed by atoms with E-state index in [-0.39, 0.29) is 11.9 Å². The van der Waals surface area contributed by atoms with E-state index in [1.165, 1.54) is 18.6 Å². The molecule has 18 heavy (non-hydrogen) atoms. The van der Waals surface area contributed by atoms with E-state index >= 15 is 0 Å². The molecule has 1 aliphatic rings. The first kappa shape index (κ1) is 13.3. The number of carbonyl (C=O) groups excluding carboxylic acids is 1. The largest absolute Gasteiger partial charge is 0.469 e. The highest BCUT2D eigenvalue weighted by molar-refractivity contribution is 7.09. The van der Waals surface area contributed by atoms with Crippen LogP contribution in [0.5, 0.6) is 0 Å². The van der Waals surface area contributed by atoms with Crippen molar-refractivity contribution in [1.29, 1.82) is 0 Å². The molecule has 0 saturated carbocycles. The summed E-state index contributed by atoms with van der Waals surface area (Å²) in [6, 6.07) is 0. The lowest BCUT2D eigenvalue weighted by molar-refractivity contribution is -0.145. The van der Waals surface area contributed by atoms with E-state index in [1.54, 1.807) is 0 Å². The molecule has 1 aromatic heterocycles. The Bertz CT molecular complexity index is 421. The number of hydrogen-bond donors (Lipinski definition) is 0. The number of esters is 1. The van der Waals surface area contributed by atoms with Crippen LogP contribution >= 0.6 is 11.5 Å². The fourth-order valence-electron chi connectivity index (χ4n) is 2.28. The predicted molar refractivity (Wildman–Crippen MR) is 70.8 cm³/mol. The molecule has 0 N–H and O–H groups in total. The monoisotopic (exact) mass is 269 g/mol. The molecular weight excluding hydrogens is 250 g/mol. The van der Waals surface area contributed by atoms with Crippen molar-refractivity contribution >= 4 is 22.6 Å². The molecule has 2 atom stereocenters. The standard InChI is InChI=1S/C12H19N3O2S/c1-4-5-10-13-12(18-14-10)15-6-8(2)9(7-15)11(16)17-3/h8-9H,4-7H2,1-3H3. The van der Waals surface area contributed by atoms with E-state index in [2.05, 4.69) is 28.1 Å². The van der Waals surface area contributed by atoms with Crippen molar-refractivity contribution in [3.8, 4) is 0 Å². The topological polar surface area (TPSA) is 55.3 Å². The molecule has 0 spiro atoms. The van der Waals surface area contributed by atoms with Crippen LogP contribution in [0.2, 0.25) is 0 Å². The molecule has 5 nitrogen and oxygen atoms in total. The molecule has 2 rings (SSSR count). The SMILES string of the molecule is CCCc1nsc(N2CC(C)C(C(=O)OC)C2)n1. The molecule has 0 radical (unpaired) electrons. The summed E-state index contributed by atoms with van der Waals surface area (Å²) in [4.78, 5) is 18.3. The van der Waals surface area contributed by atoms with Crippen molar-refractivity contribution in [3.05, 3.63) is 5.82 Å². The van der Waals surface area contributed by atoms with Crippen LogP contribution in [-0.2, 0) is 16.0 Å². The lowest BCUT2D eigenvalue weighted by atomic mass is 9.99. The minimum atomic E-state index is -0.122. The van der Waals surface area contributed by atoms with E-state index < -0.39 is 0 Å². The molecule has 6 heteroatoms. The quantitative estimate of drug-likeness (QED) is 0.779. The molecule has 1 fully saturated rings. The second-order valence-electron chi connectivity index (χ2n) is 4.76. The number of anilines is 1. The average Bonchev–Trinajstić information content (AvgIpc) is 2.95. The fourth-order valence-corrected chi connectivity index (χ4v) is 3.01. The third kappa shape index (κ3) is 2.63. The lowest BCUT2D eigenvalue weighted by Gasteiger charge is -2.13. The summed E-state index contributed by atoms with van der Waals surface area (Å²) in [5.41, 5.74) is 0. The summed E-state index contributed by atoms with van der Waals surface area (Å²) >= 11 is 1.42. The van der Waals surface area contributed by atoms with Gasteiger partial charge in [0.1, 0.15) is 5.82 Å². The van der Waals surface area contributed by atoms with Gasteiger partial charge in [-0.1, -0.05) is 13.8 Å². The van der Waals surface area contributed by atoms with Crippen LogP contribution in [0.4, 0.5) is 5.13 Å². The highest BCUT2D eigenvalue weighted by Gasteiger charge is 2.36. The number of methoxy groups -OCH3 is 1. The Balaban J connectivity index is 2.04. The molecule has 1 saturated heterocycles. The first-order valence-electron chi connectivity index (χ1n) is 6.31. The van der Waals surface area contributed by atoms with Gasteiger partial charge in [-0.05, 0) is 12.3 Å². The van der Waals surface area contributed by atoms with Crippen molar-refractivity contribution in [1.82, 2.24) is 9.36 Å². The second-order valence-corrected chi connectivity index (χ2v) is 5.49. The van der Waals surface area contributed by atoms with Crippen LogP contribution in [0.1, 0.15) is 26.1 Å². The Kier molecular flexibility index (Phi) is 4.16. The van der Waals surface area contributed by atoms with E-state index in [1.807, 2.05) is 0 Å². The highest BCUT2D eigenvalue weighted by atomic mass is 32.1. The Morgan fingerprint density at radius 2 is 2.33 bits per heavy atom. The maximum Gasteiger partial charge on any atom is 0.310 e. The fraction of sp³-hybridized carbons (Fsp3) is 0.750. The summed E-state index contributed by atoms with van der Waals surface area (Å²) < 4.78 is 9.17. The van der Waals surface area contributed by atoms with E-state index in [9.17, 15) is 4.79 Å². The third-order valence-electron chi connectivity index (χ3n) is 3.32. The first-order valence-corrected chi connectivity index (χ1v) is 7.08. The van der Waals surface area contributed by atoms with Crippen LogP contribution in [0.15, 0.2) is 0 Å². The maximum atomic E-state index is 11.6. The van der Waals surface area contributed by atoms with Crippen molar-refractivity contribution in [2.24, 2.45) is 11.8 Å². The van der Waals surface area contributed by atoms with Crippen LogP contribution in [0.25, 0.3) is 0 Å². The number of aromatic nitrogens is 2. The van der Waals surface area contributed by atoms with Gasteiger partial charge in [-0.2, -0.15) is 4.37 Å². The van der Waals surface area contributed by atoms with Crippen molar-refractivity contribution in [3.63, 3.8) is 0 Å². The number of aryl methyl sites for hydroxylation is 1. The summed E-state index contributed by atoms with van der Waals surface area (Å²) in [5.74, 6) is 1.04. The highest BCUT2D eigenvalue weighted by Crippen LogP contribution is 2.29. The number of hydrogen-bond acceptors (Lipinski definition) is 6. The van der Waals surface area contributed by atoms with Crippen molar-refractivity contribution < 1.29 is 9.53 Å². The van der Waals surface area contributed by atoms with Crippen LogP contribution < -0.4 is 4.90 Å². The zero-order valence-electron chi connectivity index (χ0n) is 11.0. The summed E-state index contributed by atoms with van der Waals surface area (Å²) in [5, 5.41) is 0.928. The van der Waals surface area contributed by atoms with Gasteiger partial charge in [0.05, 0.1) is 13.0 Å². The van der Waals surface area contributed by atoms with Gasteiger partial charge in [-0.25, -0.2) is 4.98 Å². The zero-order valence-corrected chi connectivity index (χ0v) is 11.9. The van der Waals surface area contributed by atoms with E-state index in [0.29, 0.717) is 12.5 Å². The zero-order chi connectivity index (χ0) is 13.1. The molecule has 1 aromatic rings. The van der Waals surface area contributed by atoms with Gasteiger partial charge in [0.2, 0.25) is 5.13 Å². The van der Waals surface area contributed by atoms with Crippen LogP contribution in [0, 0.1) is 11.8 Å². The summed E-state index contributed by atoms with van der Waals surface area (Å²) in [7, 11) is 1.45. The van der Waals surface area contributed by atoms with Gasteiger partial charge in [-0.15, -0.1) is 0 Å². The molecule has 2 unspecified atom stereocenters. The minimum absolute atomic E-state index is 0.0477. The first-order chi connectivity index (χ1) is 8.65. The Hall–Kier alpha value is -1.17. The molecule has 2 heterocycles. The Morgan fingerprint density at radius 1 is 1.56 bits per heavy atom. The molecule has 1 aliphatic heterocycles. The molecule has 0 amide bonds. The maximum absolute atomic E-state index is 11.6. The molecular formula is C12H19N3O2S.